The fourth-order valence-electron chi connectivity index (χ4n) is 3.92. The molecule has 0 unspecified atom stereocenters. The van der Waals surface area contributed by atoms with Gasteiger partial charge in [0.1, 0.15) is 5.75 Å². The number of nitrogens with zero attached hydrogens (tertiary/aromatic N) is 1. The normalized spacial score (nSPS) is 14.7. The number of para-hydroxylation sites is 1. The Labute approximate surface area is 180 Å². The maximum absolute atomic E-state index is 12.8. The lowest BCUT2D eigenvalue weighted by atomic mass is 10.1. The summed E-state index contributed by atoms with van der Waals surface area (Å²) in [6, 6.07) is 11.4. The lowest BCUT2D eigenvalue weighted by Gasteiger charge is -2.17. The van der Waals surface area contributed by atoms with Crippen molar-refractivity contribution in [3.05, 3.63) is 59.3 Å². The molecule has 0 spiro atoms. The van der Waals surface area contributed by atoms with Crippen molar-refractivity contribution in [2.75, 3.05) is 19.7 Å². The van der Waals surface area contributed by atoms with Gasteiger partial charge in [0.25, 0.3) is 5.91 Å². The molecule has 0 atom stereocenters. The van der Waals surface area contributed by atoms with Crippen molar-refractivity contribution in [2.45, 2.75) is 24.7 Å². The number of ketones is 1. The molecular weight excluding hydrogens is 418 g/mol. The summed E-state index contributed by atoms with van der Waals surface area (Å²) in [6.45, 7) is 2.39. The molecule has 3 N–H and O–H groups in total. The van der Waals surface area contributed by atoms with Crippen LogP contribution >= 0.6 is 0 Å². The quantitative estimate of drug-likeness (QED) is 0.546. The largest absolute Gasteiger partial charge is 0.485 e. The predicted molar refractivity (Wildman–Crippen MR) is 116 cm³/mol. The number of hydrogen-bond donors (Lipinski definition) is 2. The zero-order chi connectivity index (χ0) is 22.2. The molecule has 1 amide bonds. The number of nitrogens with one attached hydrogen (secondary N) is 1. The third kappa shape index (κ3) is 3.94. The molecular formula is C22H23N3O5S. The van der Waals surface area contributed by atoms with Crippen LogP contribution in [0.4, 0.5) is 0 Å². The van der Waals surface area contributed by atoms with E-state index < -0.39 is 15.9 Å². The molecule has 1 aromatic heterocycles. The van der Waals surface area contributed by atoms with Crippen molar-refractivity contribution in [3.63, 3.8) is 0 Å². The van der Waals surface area contributed by atoms with Crippen LogP contribution in [0.25, 0.3) is 10.9 Å². The number of aromatic nitrogens is 1. The van der Waals surface area contributed by atoms with E-state index in [0.29, 0.717) is 18.7 Å². The van der Waals surface area contributed by atoms with Gasteiger partial charge in [-0.2, -0.15) is 4.31 Å². The summed E-state index contributed by atoms with van der Waals surface area (Å²) in [5.41, 5.74) is 7.46. The van der Waals surface area contributed by atoms with Crippen molar-refractivity contribution in [1.29, 1.82) is 0 Å². The highest BCUT2D eigenvalue weighted by atomic mass is 32.2. The van der Waals surface area contributed by atoms with Crippen LogP contribution in [0.15, 0.2) is 47.4 Å². The Balaban J connectivity index is 1.59. The van der Waals surface area contributed by atoms with E-state index in [2.05, 4.69) is 4.98 Å². The molecule has 3 aromatic rings. The number of carbonyl (C=O) groups is 2. The molecule has 2 heterocycles. The van der Waals surface area contributed by atoms with Crippen LogP contribution < -0.4 is 10.5 Å². The van der Waals surface area contributed by atoms with Crippen LogP contribution in [0.2, 0.25) is 0 Å². The number of fused-ring (bicyclic) bond motifs is 1. The molecule has 1 fully saturated rings. The number of rotatable bonds is 7. The number of ether oxygens (including phenoxy) is 1. The van der Waals surface area contributed by atoms with Gasteiger partial charge in [-0.3, -0.25) is 9.59 Å². The maximum atomic E-state index is 12.8. The van der Waals surface area contributed by atoms with E-state index in [-0.39, 0.29) is 28.6 Å². The second kappa shape index (κ2) is 8.16. The van der Waals surface area contributed by atoms with Gasteiger partial charge in [-0.25, -0.2) is 8.42 Å². The Kier molecular flexibility index (Phi) is 5.55. The molecule has 162 valence electrons. The highest BCUT2D eigenvalue weighted by molar-refractivity contribution is 7.89. The van der Waals surface area contributed by atoms with E-state index in [0.717, 1.165) is 29.4 Å². The summed E-state index contributed by atoms with van der Waals surface area (Å²) in [7, 11) is -3.71. The summed E-state index contributed by atoms with van der Waals surface area (Å²) in [4.78, 5) is 27.9. The molecule has 31 heavy (non-hydrogen) atoms. The number of sulfonamides is 1. The van der Waals surface area contributed by atoms with Gasteiger partial charge in [0.2, 0.25) is 15.8 Å². The minimum Gasteiger partial charge on any atom is -0.485 e. The third-order valence-corrected chi connectivity index (χ3v) is 7.35. The standard InChI is InChI=1S/C22H23N3O5S/c1-14-21(16-6-2-3-7-18(16)24-14)19(26)13-30-20-9-8-15(12-17(20)22(23)27)31(28,29)25-10-4-5-11-25/h2-3,6-9,12,24H,4-5,10-11,13H2,1H3,(H2,23,27). The van der Waals surface area contributed by atoms with E-state index in [1.807, 2.05) is 24.3 Å². The fourth-order valence-corrected chi connectivity index (χ4v) is 5.46. The van der Waals surface area contributed by atoms with E-state index in [1.165, 1.54) is 22.5 Å². The Morgan fingerprint density at radius 1 is 1.13 bits per heavy atom. The fraction of sp³-hybridized carbons (Fsp3) is 0.273. The molecule has 2 aromatic carbocycles. The molecule has 1 aliphatic rings. The summed E-state index contributed by atoms with van der Waals surface area (Å²) < 4.78 is 32.6. The first-order valence-corrected chi connectivity index (χ1v) is 11.4. The summed E-state index contributed by atoms with van der Waals surface area (Å²) >= 11 is 0. The lowest BCUT2D eigenvalue weighted by molar-refractivity contribution is 0.0913. The first kappa shape index (κ1) is 21.1. The highest BCUT2D eigenvalue weighted by Crippen LogP contribution is 2.27. The van der Waals surface area contributed by atoms with Gasteiger partial charge in [-0.05, 0) is 44.0 Å². The van der Waals surface area contributed by atoms with E-state index in [1.54, 1.807) is 6.92 Å². The molecule has 8 nitrogen and oxygen atoms in total. The molecule has 1 aliphatic heterocycles. The SMILES string of the molecule is Cc1[nH]c2ccccc2c1C(=O)COc1ccc(S(=O)(=O)N2CCCC2)cc1C(N)=O. The number of aromatic amines is 1. The number of nitrogens with two attached hydrogens (primary N) is 1. The van der Waals surface area contributed by atoms with Crippen molar-refractivity contribution >= 4 is 32.6 Å². The van der Waals surface area contributed by atoms with Crippen LogP contribution in [0.1, 0.15) is 39.3 Å². The van der Waals surface area contributed by atoms with Crippen LogP contribution in [-0.2, 0) is 10.0 Å². The second-order valence-electron chi connectivity index (χ2n) is 7.52. The molecule has 0 bridgehead atoms. The van der Waals surface area contributed by atoms with Gasteiger partial charge < -0.3 is 15.5 Å². The Morgan fingerprint density at radius 2 is 1.84 bits per heavy atom. The average molecular weight is 442 g/mol. The smallest absolute Gasteiger partial charge is 0.252 e. The second-order valence-corrected chi connectivity index (χ2v) is 9.45. The lowest BCUT2D eigenvalue weighted by Crippen LogP contribution is -2.28. The van der Waals surface area contributed by atoms with Crippen molar-refractivity contribution in [1.82, 2.24) is 9.29 Å². The van der Waals surface area contributed by atoms with Crippen LogP contribution in [0, 0.1) is 6.92 Å². The van der Waals surface area contributed by atoms with Crippen LogP contribution in [0.3, 0.4) is 0 Å². The van der Waals surface area contributed by atoms with Gasteiger partial charge in [0.05, 0.1) is 10.5 Å². The molecule has 0 aliphatic carbocycles. The van der Waals surface area contributed by atoms with Gasteiger partial charge in [-0.1, -0.05) is 18.2 Å². The number of benzene rings is 2. The number of Topliss-reactive ketones (excluding diaryl/α,β-unsaturated/α-hetero) is 1. The van der Waals surface area contributed by atoms with Gasteiger partial charge >= 0.3 is 0 Å². The maximum Gasteiger partial charge on any atom is 0.252 e. The number of aryl methyl sites for hydroxylation is 1. The number of amides is 1. The summed E-state index contributed by atoms with van der Waals surface area (Å²) in [5, 5.41) is 0.788. The number of primary amides is 1. The van der Waals surface area contributed by atoms with Gasteiger partial charge in [-0.15, -0.1) is 0 Å². The van der Waals surface area contributed by atoms with E-state index >= 15 is 0 Å². The van der Waals surface area contributed by atoms with Crippen LogP contribution in [0.5, 0.6) is 5.75 Å². The highest BCUT2D eigenvalue weighted by Gasteiger charge is 2.28. The van der Waals surface area contributed by atoms with Crippen LogP contribution in [-0.4, -0.2) is 49.1 Å². The zero-order valence-electron chi connectivity index (χ0n) is 17.1. The van der Waals surface area contributed by atoms with E-state index in [9.17, 15) is 18.0 Å². The molecule has 1 saturated heterocycles. The molecule has 0 saturated carbocycles. The van der Waals surface area contributed by atoms with Gasteiger partial charge in [0.15, 0.2) is 6.61 Å². The number of H-pyrrole nitrogens is 1. The molecule has 4 rings (SSSR count). The first-order chi connectivity index (χ1) is 14.8. The monoisotopic (exact) mass is 441 g/mol. The average Bonchev–Trinajstić information content (AvgIpc) is 3.39. The number of carbonyl (C=O) groups excluding carboxylic acids is 2. The minimum atomic E-state index is -3.71. The topological polar surface area (TPSA) is 123 Å². The van der Waals surface area contributed by atoms with Crippen molar-refractivity contribution in [3.8, 4) is 5.75 Å². The van der Waals surface area contributed by atoms with Gasteiger partial charge in [0, 0.05) is 35.2 Å². The first-order valence-electron chi connectivity index (χ1n) is 9.96. The van der Waals surface area contributed by atoms with Crippen molar-refractivity contribution in [2.24, 2.45) is 5.73 Å². The third-order valence-electron chi connectivity index (χ3n) is 5.45. The molecule has 0 radical (unpaired) electrons. The Hall–Kier alpha value is -3.17. The summed E-state index contributed by atoms with van der Waals surface area (Å²) in [5.74, 6) is -1.03. The number of hydrogen-bond acceptors (Lipinski definition) is 5. The Morgan fingerprint density at radius 3 is 2.55 bits per heavy atom. The predicted octanol–water partition coefficient (Wildman–Crippen LogP) is 2.62. The molecule has 9 heteroatoms. The van der Waals surface area contributed by atoms with E-state index in [4.69, 9.17) is 10.5 Å². The Bertz CT molecular complexity index is 1270. The zero-order valence-corrected chi connectivity index (χ0v) is 17.9. The minimum absolute atomic E-state index is 0.0191. The summed E-state index contributed by atoms with van der Waals surface area (Å²) in [6.07, 6.45) is 1.61. The van der Waals surface area contributed by atoms with Crippen molar-refractivity contribution < 1.29 is 22.7 Å².